The SMILES string of the molecule is C=Cc1ccc(CCC2CCCN(C)CC2)cc1. The number of likely N-dealkylation sites (tertiary alicyclic amines) is 1. The fourth-order valence-electron chi connectivity index (χ4n) is 2.79. The molecule has 1 heteroatoms. The average molecular weight is 243 g/mol. The monoisotopic (exact) mass is 243 g/mol. The smallest absolute Gasteiger partial charge is 0.00191 e. The molecule has 1 unspecified atom stereocenters. The van der Waals surface area contributed by atoms with Crippen molar-refractivity contribution in [3.63, 3.8) is 0 Å². The molecule has 0 spiro atoms. The van der Waals surface area contributed by atoms with Crippen molar-refractivity contribution in [3.8, 4) is 0 Å². The summed E-state index contributed by atoms with van der Waals surface area (Å²) in [6, 6.07) is 8.84. The lowest BCUT2D eigenvalue weighted by molar-refractivity contribution is 0.339. The molecule has 0 saturated carbocycles. The van der Waals surface area contributed by atoms with Crippen LogP contribution in [0.5, 0.6) is 0 Å². The van der Waals surface area contributed by atoms with Gasteiger partial charge in [0.1, 0.15) is 0 Å². The van der Waals surface area contributed by atoms with Crippen LogP contribution in [0, 0.1) is 5.92 Å². The average Bonchev–Trinajstić information content (AvgIpc) is 2.62. The number of nitrogens with zero attached hydrogens (tertiary/aromatic N) is 1. The van der Waals surface area contributed by atoms with E-state index >= 15 is 0 Å². The minimum Gasteiger partial charge on any atom is -0.306 e. The van der Waals surface area contributed by atoms with Crippen LogP contribution in [0.15, 0.2) is 30.8 Å². The van der Waals surface area contributed by atoms with E-state index in [0.717, 1.165) is 5.92 Å². The molecule has 98 valence electrons. The van der Waals surface area contributed by atoms with Crippen molar-refractivity contribution < 1.29 is 0 Å². The number of benzene rings is 1. The highest BCUT2D eigenvalue weighted by molar-refractivity contribution is 5.47. The van der Waals surface area contributed by atoms with Gasteiger partial charge in [0.25, 0.3) is 0 Å². The minimum atomic E-state index is 0.925. The van der Waals surface area contributed by atoms with E-state index in [1.807, 2.05) is 6.08 Å². The van der Waals surface area contributed by atoms with E-state index in [2.05, 4.69) is 42.8 Å². The van der Waals surface area contributed by atoms with Crippen LogP contribution in [0.25, 0.3) is 6.08 Å². The Morgan fingerprint density at radius 2 is 2.00 bits per heavy atom. The first kappa shape index (κ1) is 13.4. The molecule has 1 aromatic carbocycles. The first-order valence-corrected chi connectivity index (χ1v) is 7.18. The first-order chi connectivity index (χ1) is 8.78. The van der Waals surface area contributed by atoms with Gasteiger partial charge in [-0.15, -0.1) is 0 Å². The highest BCUT2D eigenvalue weighted by atomic mass is 15.1. The zero-order chi connectivity index (χ0) is 12.8. The van der Waals surface area contributed by atoms with Gasteiger partial charge in [-0.05, 0) is 69.3 Å². The quantitative estimate of drug-likeness (QED) is 0.772. The van der Waals surface area contributed by atoms with Crippen LogP contribution in [0.1, 0.15) is 36.8 Å². The van der Waals surface area contributed by atoms with Gasteiger partial charge in [-0.3, -0.25) is 0 Å². The molecule has 1 fully saturated rings. The molecule has 1 atom stereocenters. The van der Waals surface area contributed by atoms with E-state index in [0.29, 0.717) is 0 Å². The van der Waals surface area contributed by atoms with Crippen molar-refractivity contribution >= 4 is 6.08 Å². The number of hydrogen-bond acceptors (Lipinski definition) is 1. The predicted octanol–water partition coefficient (Wildman–Crippen LogP) is 3.99. The van der Waals surface area contributed by atoms with Gasteiger partial charge in [0.05, 0.1) is 0 Å². The van der Waals surface area contributed by atoms with Crippen LogP contribution >= 0.6 is 0 Å². The molecule has 0 aromatic heterocycles. The van der Waals surface area contributed by atoms with E-state index < -0.39 is 0 Å². The van der Waals surface area contributed by atoms with Crippen molar-refractivity contribution in [1.29, 1.82) is 0 Å². The number of rotatable bonds is 4. The summed E-state index contributed by atoms with van der Waals surface area (Å²) in [5.41, 5.74) is 2.69. The lowest BCUT2D eigenvalue weighted by Gasteiger charge is -2.14. The van der Waals surface area contributed by atoms with E-state index in [9.17, 15) is 0 Å². The maximum Gasteiger partial charge on any atom is -0.00191 e. The summed E-state index contributed by atoms with van der Waals surface area (Å²) in [6.45, 7) is 6.35. The third-order valence-electron chi connectivity index (χ3n) is 4.13. The van der Waals surface area contributed by atoms with Crippen LogP contribution in [0.2, 0.25) is 0 Å². The topological polar surface area (TPSA) is 3.24 Å². The molecule has 1 heterocycles. The van der Waals surface area contributed by atoms with Crippen LogP contribution < -0.4 is 0 Å². The Kier molecular flexibility index (Phi) is 5.00. The van der Waals surface area contributed by atoms with Gasteiger partial charge in [0.15, 0.2) is 0 Å². The second-order valence-electron chi connectivity index (χ2n) is 5.58. The fraction of sp³-hybridized carbons (Fsp3) is 0.529. The molecule has 1 saturated heterocycles. The van der Waals surface area contributed by atoms with E-state index in [1.54, 1.807) is 0 Å². The van der Waals surface area contributed by atoms with Gasteiger partial charge in [-0.1, -0.05) is 36.9 Å². The maximum atomic E-state index is 3.79. The Hall–Kier alpha value is -1.08. The van der Waals surface area contributed by atoms with Gasteiger partial charge >= 0.3 is 0 Å². The molecule has 1 aliphatic heterocycles. The van der Waals surface area contributed by atoms with Crippen molar-refractivity contribution in [1.82, 2.24) is 4.90 Å². The standard InChI is InChI=1S/C17H25N/c1-3-15-6-8-17(9-7-15)11-10-16-5-4-13-18(2)14-12-16/h3,6-9,16H,1,4-5,10-14H2,2H3. The Morgan fingerprint density at radius 3 is 2.72 bits per heavy atom. The molecule has 0 bridgehead atoms. The summed E-state index contributed by atoms with van der Waals surface area (Å²) >= 11 is 0. The molecule has 2 rings (SSSR count). The summed E-state index contributed by atoms with van der Waals surface area (Å²) in [5, 5.41) is 0. The normalized spacial score (nSPS) is 21.5. The van der Waals surface area contributed by atoms with Crippen molar-refractivity contribution in [2.45, 2.75) is 32.1 Å². The van der Waals surface area contributed by atoms with Gasteiger partial charge in [0, 0.05) is 0 Å². The summed E-state index contributed by atoms with van der Waals surface area (Å²) < 4.78 is 0. The Balaban J connectivity index is 1.81. The van der Waals surface area contributed by atoms with E-state index in [-0.39, 0.29) is 0 Å². The second-order valence-corrected chi connectivity index (χ2v) is 5.58. The molecule has 1 nitrogen and oxygen atoms in total. The lowest BCUT2D eigenvalue weighted by atomic mass is 9.93. The molecule has 1 aromatic rings. The molecule has 18 heavy (non-hydrogen) atoms. The molecule has 1 aliphatic rings. The molecule has 0 radical (unpaired) electrons. The zero-order valence-corrected chi connectivity index (χ0v) is 11.6. The second kappa shape index (κ2) is 6.75. The number of aryl methyl sites for hydroxylation is 1. The van der Waals surface area contributed by atoms with E-state index in [1.165, 1.54) is 56.3 Å². The van der Waals surface area contributed by atoms with Gasteiger partial charge < -0.3 is 4.90 Å². The van der Waals surface area contributed by atoms with Crippen LogP contribution in [0.3, 0.4) is 0 Å². The first-order valence-electron chi connectivity index (χ1n) is 7.18. The van der Waals surface area contributed by atoms with Crippen LogP contribution in [-0.4, -0.2) is 25.0 Å². The van der Waals surface area contributed by atoms with Crippen molar-refractivity contribution in [2.24, 2.45) is 5.92 Å². The van der Waals surface area contributed by atoms with Gasteiger partial charge in [-0.25, -0.2) is 0 Å². The van der Waals surface area contributed by atoms with Gasteiger partial charge in [-0.2, -0.15) is 0 Å². The molecule has 0 amide bonds. The highest BCUT2D eigenvalue weighted by Crippen LogP contribution is 2.22. The van der Waals surface area contributed by atoms with Crippen LogP contribution in [0.4, 0.5) is 0 Å². The Morgan fingerprint density at radius 1 is 1.22 bits per heavy atom. The Labute approximate surface area is 112 Å². The maximum absolute atomic E-state index is 3.79. The molecular weight excluding hydrogens is 218 g/mol. The summed E-state index contributed by atoms with van der Waals surface area (Å²) in [6.07, 6.45) is 8.64. The fourth-order valence-corrected chi connectivity index (χ4v) is 2.79. The zero-order valence-electron chi connectivity index (χ0n) is 11.6. The third-order valence-corrected chi connectivity index (χ3v) is 4.13. The molecule has 0 aliphatic carbocycles. The molecular formula is C17H25N. The Bertz CT molecular complexity index is 366. The highest BCUT2D eigenvalue weighted by Gasteiger charge is 2.14. The lowest BCUT2D eigenvalue weighted by Crippen LogP contribution is -2.18. The number of hydrogen-bond donors (Lipinski definition) is 0. The minimum absolute atomic E-state index is 0.925. The van der Waals surface area contributed by atoms with Crippen LogP contribution in [-0.2, 0) is 6.42 Å². The van der Waals surface area contributed by atoms with Crippen molar-refractivity contribution in [2.75, 3.05) is 20.1 Å². The van der Waals surface area contributed by atoms with Crippen molar-refractivity contribution in [3.05, 3.63) is 42.0 Å². The van der Waals surface area contributed by atoms with Gasteiger partial charge in [0.2, 0.25) is 0 Å². The summed E-state index contributed by atoms with van der Waals surface area (Å²) in [5.74, 6) is 0.925. The third kappa shape index (κ3) is 3.99. The summed E-state index contributed by atoms with van der Waals surface area (Å²) in [7, 11) is 2.25. The predicted molar refractivity (Wildman–Crippen MR) is 79.7 cm³/mol. The molecule has 0 N–H and O–H groups in total. The summed E-state index contributed by atoms with van der Waals surface area (Å²) in [4.78, 5) is 2.47. The largest absolute Gasteiger partial charge is 0.306 e. The van der Waals surface area contributed by atoms with E-state index in [4.69, 9.17) is 0 Å².